The number of benzene rings is 2. The van der Waals surface area contributed by atoms with Crippen LogP contribution < -0.4 is 10.1 Å². The minimum Gasteiger partial charge on any atom is -0.484 e. The molecule has 0 unspecified atom stereocenters. The first kappa shape index (κ1) is 15.5. The zero-order valence-electron chi connectivity index (χ0n) is 12.0. The number of ether oxygens (including phenoxy) is 1. The fourth-order valence-corrected chi connectivity index (χ4v) is 1.89. The van der Waals surface area contributed by atoms with Crippen LogP contribution >= 0.6 is 0 Å². The third kappa shape index (κ3) is 4.32. The average molecular weight is 298 g/mol. The van der Waals surface area contributed by atoms with Gasteiger partial charge in [0.25, 0.3) is 5.91 Å². The van der Waals surface area contributed by atoms with E-state index in [1.165, 1.54) is 12.1 Å². The molecule has 0 saturated heterocycles. The second kappa shape index (κ2) is 7.23. The molecule has 22 heavy (non-hydrogen) atoms. The summed E-state index contributed by atoms with van der Waals surface area (Å²) in [5.74, 6) is -0.0730. The summed E-state index contributed by atoms with van der Waals surface area (Å²) in [5.41, 5.74) is 1.34. The van der Waals surface area contributed by atoms with Crippen molar-refractivity contribution in [1.29, 1.82) is 5.26 Å². The molecular formula is C17H15FN2O2. The van der Waals surface area contributed by atoms with Crippen molar-refractivity contribution in [2.45, 2.75) is 13.0 Å². The lowest BCUT2D eigenvalue weighted by Crippen LogP contribution is -2.31. The van der Waals surface area contributed by atoms with Crippen LogP contribution in [-0.2, 0) is 4.79 Å². The molecule has 5 heteroatoms. The van der Waals surface area contributed by atoms with Gasteiger partial charge in [0.05, 0.1) is 17.7 Å². The zero-order valence-corrected chi connectivity index (χ0v) is 12.0. The van der Waals surface area contributed by atoms with Crippen LogP contribution in [0.1, 0.15) is 24.1 Å². The standard InChI is InChI=1S/C17H15FN2O2/c1-12(14-4-6-15(18)7-5-14)20-17(21)11-22-16-8-2-13(10-19)3-9-16/h2-9,12H,11H2,1H3,(H,20,21)/t12-/m0/s1. The summed E-state index contributed by atoms with van der Waals surface area (Å²) in [6.45, 7) is 1.68. The van der Waals surface area contributed by atoms with Gasteiger partial charge < -0.3 is 10.1 Å². The van der Waals surface area contributed by atoms with Crippen molar-refractivity contribution in [3.05, 3.63) is 65.5 Å². The Balaban J connectivity index is 1.84. The van der Waals surface area contributed by atoms with Crippen molar-refractivity contribution in [1.82, 2.24) is 5.32 Å². The van der Waals surface area contributed by atoms with Gasteiger partial charge in [-0.25, -0.2) is 4.39 Å². The summed E-state index contributed by atoms with van der Waals surface area (Å²) >= 11 is 0. The van der Waals surface area contributed by atoms with Gasteiger partial charge in [0, 0.05) is 0 Å². The highest BCUT2D eigenvalue weighted by Gasteiger charge is 2.10. The topological polar surface area (TPSA) is 62.1 Å². The van der Waals surface area contributed by atoms with Gasteiger partial charge in [0.15, 0.2) is 6.61 Å². The smallest absolute Gasteiger partial charge is 0.258 e. The van der Waals surface area contributed by atoms with E-state index < -0.39 is 0 Å². The zero-order chi connectivity index (χ0) is 15.9. The SMILES string of the molecule is C[C@H](NC(=O)COc1ccc(C#N)cc1)c1ccc(F)cc1. The van der Waals surface area contributed by atoms with Crippen molar-refractivity contribution in [3.8, 4) is 11.8 Å². The third-order valence-corrected chi connectivity index (χ3v) is 3.10. The molecule has 1 amide bonds. The van der Waals surface area contributed by atoms with Gasteiger partial charge in [-0.1, -0.05) is 12.1 Å². The van der Waals surface area contributed by atoms with Crippen LogP contribution in [0.4, 0.5) is 4.39 Å². The van der Waals surface area contributed by atoms with Gasteiger partial charge in [0.1, 0.15) is 11.6 Å². The van der Waals surface area contributed by atoms with Crippen molar-refractivity contribution < 1.29 is 13.9 Å². The predicted molar refractivity (Wildman–Crippen MR) is 79.6 cm³/mol. The maximum Gasteiger partial charge on any atom is 0.258 e. The summed E-state index contributed by atoms with van der Waals surface area (Å²) in [7, 11) is 0. The van der Waals surface area contributed by atoms with E-state index >= 15 is 0 Å². The molecule has 112 valence electrons. The highest BCUT2D eigenvalue weighted by atomic mass is 19.1. The maximum atomic E-state index is 12.8. The average Bonchev–Trinajstić information content (AvgIpc) is 2.54. The first-order chi connectivity index (χ1) is 10.6. The molecular weight excluding hydrogens is 283 g/mol. The Morgan fingerprint density at radius 2 is 1.86 bits per heavy atom. The van der Waals surface area contributed by atoms with Gasteiger partial charge in [-0.05, 0) is 48.9 Å². The van der Waals surface area contributed by atoms with Gasteiger partial charge in [-0.15, -0.1) is 0 Å². The van der Waals surface area contributed by atoms with Crippen molar-refractivity contribution in [2.75, 3.05) is 6.61 Å². The van der Waals surface area contributed by atoms with E-state index in [0.29, 0.717) is 11.3 Å². The number of carbonyl (C=O) groups is 1. The Kier molecular flexibility index (Phi) is 5.10. The summed E-state index contributed by atoms with van der Waals surface area (Å²) in [5, 5.41) is 11.5. The summed E-state index contributed by atoms with van der Waals surface area (Å²) in [6, 6.07) is 14.2. The van der Waals surface area contributed by atoms with Crippen molar-refractivity contribution in [2.24, 2.45) is 0 Å². The molecule has 0 radical (unpaired) electrons. The minimum absolute atomic E-state index is 0.128. The number of hydrogen-bond donors (Lipinski definition) is 1. The number of carbonyl (C=O) groups excluding carboxylic acids is 1. The Morgan fingerprint density at radius 3 is 2.45 bits per heavy atom. The van der Waals surface area contributed by atoms with Gasteiger partial charge in [0.2, 0.25) is 0 Å². The molecule has 4 nitrogen and oxygen atoms in total. The van der Waals surface area contributed by atoms with Crippen LogP contribution in [0.5, 0.6) is 5.75 Å². The molecule has 0 fully saturated rings. The van der Waals surface area contributed by atoms with Crippen LogP contribution in [-0.4, -0.2) is 12.5 Å². The Bertz CT molecular complexity index is 675. The molecule has 0 aliphatic heterocycles. The number of rotatable bonds is 5. The van der Waals surface area contributed by atoms with E-state index in [1.54, 1.807) is 36.4 Å². The Labute approximate surface area is 128 Å². The molecule has 0 heterocycles. The van der Waals surface area contributed by atoms with Crippen LogP contribution in [0, 0.1) is 17.1 Å². The van der Waals surface area contributed by atoms with E-state index in [9.17, 15) is 9.18 Å². The van der Waals surface area contributed by atoms with E-state index in [0.717, 1.165) is 5.56 Å². The number of hydrogen-bond acceptors (Lipinski definition) is 3. The lowest BCUT2D eigenvalue weighted by atomic mass is 10.1. The van der Waals surface area contributed by atoms with Crippen molar-refractivity contribution in [3.63, 3.8) is 0 Å². The van der Waals surface area contributed by atoms with Crippen LogP contribution in [0.3, 0.4) is 0 Å². The lowest BCUT2D eigenvalue weighted by Gasteiger charge is -2.14. The van der Waals surface area contributed by atoms with Crippen molar-refractivity contribution >= 4 is 5.91 Å². The number of halogens is 1. The molecule has 0 aliphatic rings. The molecule has 0 aliphatic carbocycles. The number of nitrogens with one attached hydrogen (secondary N) is 1. The molecule has 0 aromatic heterocycles. The second-order valence-corrected chi connectivity index (χ2v) is 4.77. The molecule has 1 atom stereocenters. The van der Waals surface area contributed by atoms with Gasteiger partial charge >= 0.3 is 0 Å². The van der Waals surface area contributed by atoms with E-state index in [4.69, 9.17) is 10.00 Å². The lowest BCUT2D eigenvalue weighted by molar-refractivity contribution is -0.123. The number of nitrogens with zero attached hydrogens (tertiary/aromatic N) is 1. The predicted octanol–water partition coefficient (Wildman–Crippen LogP) is 2.95. The number of amides is 1. The van der Waals surface area contributed by atoms with E-state index in [2.05, 4.69) is 5.32 Å². The normalized spacial score (nSPS) is 11.3. The molecule has 0 spiro atoms. The van der Waals surface area contributed by atoms with Crippen LogP contribution in [0.15, 0.2) is 48.5 Å². The van der Waals surface area contributed by atoms with E-state index in [-0.39, 0.29) is 24.4 Å². The monoisotopic (exact) mass is 298 g/mol. The molecule has 0 bridgehead atoms. The summed E-state index contributed by atoms with van der Waals surface area (Å²) in [4.78, 5) is 11.8. The molecule has 2 aromatic rings. The maximum absolute atomic E-state index is 12.8. The van der Waals surface area contributed by atoms with Crippen LogP contribution in [0.25, 0.3) is 0 Å². The molecule has 2 rings (SSSR count). The van der Waals surface area contributed by atoms with Gasteiger partial charge in [-0.2, -0.15) is 5.26 Å². The quantitative estimate of drug-likeness (QED) is 0.923. The summed E-state index contributed by atoms with van der Waals surface area (Å²) < 4.78 is 18.2. The molecule has 1 N–H and O–H groups in total. The van der Waals surface area contributed by atoms with Crippen LogP contribution in [0.2, 0.25) is 0 Å². The Morgan fingerprint density at radius 1 is 1.23 bits per heavy atom. The first-order valence-corrected chi connectivity index (χ1v) is 6.76. The Hall–Kier alpha value is -2.87. The fourth-order valence-electron chi connectivity index (χ4n) is 1.89. The second-order valence-electron chi connectivity index (χ2n) is 4.77. The first-order valence-electron chi connectivity index (χ1n) is 6.76. The van der Waals surface area contributed by atoms with E-state index in [1.807, 2.05) is 13.0 Å². The van der Waals surface area contributed by atoms with Gasteiger partial charge in [-0.3, -0.25) is 4.79 Å². The fraction of sp³-hybridized carbons (Fsp3) is 0.176. The third-order valence-electron chi connectivity index (χ3n) is 3.10. The molecule has 0 saturated carbocycles. The highest BCUT2D eigenvalue weighted by molar-refractivity contribution is 5.78. The minimum atomic E-state index is -0.313. The number of nitriles is 1. The largest absolute Gasteiger partial charge is 0.484 e. The highest BCUT2D eigenvalue weighted by Crippen LogP contribution is 2.14. The summed E-state index contributed by atoms with van der Waals surface area (Å²) in [6.07, 6.45) is 0. The molecule has 2 aromatic carbocycles.